The summed E-state index contributed by atoms with van der Waals surface area (Å²) in [6.45, 7) is 2.08. The molecule has 0 amide bonds. The van der Waals surface area contributed by atoms with Gasteiger partial charge in [0, 0.05) is 13.0 Å². The third-order valence-electron chi connectivity index (χ3n) is 4.12. The van der Waals surface area contributed by atoms with Gasteiger partial charge in [-0.15, -0.1) is 0 Å². The molecule has 0 saturated heterocycles. The van der Waals surface area contributed by atoms with E-state index in [2.05, 4.69) is 6.92 Å². The lowest BCUT2D eigenvalue weighted by Crippen LogP contribution is -2.27. The standard InChI is InChI=1S/C16H17F2NO3S/c1-10-7-13(10)15-6-4-12(22-15)9-19(2)23(20,21)16-8-11(17)3-5-14(16)18/h3-6,8,10,13H,7,9H2,1-2H3/t10-,13-/m1/s1. The molecule has 1 fully saturated rings. The Bertz CT molecular complexity index is 832. The first-order valence-corrected chi connectivity index (χ1v) is 8.73. The van der Waals surface area contributed by atoms with Crippen LogP contribution in [0.4, 0.5) is 8.78 Å². The Morgan fingerprint density at radius 1 is 1.26 bits per heavy atom. The maximum Gasteiger partial charge on any atom is 0.246 e. The van der Waals surface area contributed by atoms with Crippen molar-refractivity contribution in [3.8, 4) is 0 Å². The predicted molar refractivity (Wildman–Crippen MR) is 80.2 cm³/mol. The van der Waals surface area contributed by atoms with E-state index >= 15 is 0 Å². The molecule has 3 rings (SSSR count). The first-order chi connectivity index (χ1) is 10.8. The molecule has 0 unspecified atom stereocenters. The van der Waals surface area contributed by atoms with Crippen LogP contribution in [0.15, 0.2) is 39.6 Å². The minimum Gasteiger partial charge on any atom is -0.464 e. The van der Waals surface area contributed by atoms with Crippen LogP contribution in [-0.4, -0.2) is 19.8 Å². The molecule has 124 valence electrons. The zero-order valence-electron chi connectivity index (χ0n) is 12.8. The Morgan fingerprint density at radius 2 is 1.96 bits per heavy atom. The molecular weight excluding hydrogens is 324 g/mol. The SMILES string of the molecule is C[C@@H]1C[C@H]1c1ccc(CN(C)S(=O)(=O)c2cc(F)ccc2F)o1. The van der Waals surface area contributed by atoms with Crippen molar-refractivity contribution in [2.24, 2.45) is 5.92 Å². The highest BCUT2D eigenvalue weighted by atomic mass is 32.2. The van der Waals surface area contributed by atoms with Crippen LogP contribution in [0, 0.1) is 17.6 Å². The second kappa shape index (κ2) is 5.72. The maximum atomic E-state index is 13.7. The fourth-order valence-corrected chi connectivity index (χ4v) is 3.75. The van der Waals surface area contributed by atoms with Crippen LogP contribution in [0.3, 0.4) is 0 Å². The van der Waals surface area contributed by atoms with Crippen LogP contribution in [-0.2, 0) is 16.6 Å². The minimum atomic E-state index is -4.14. The normalized spacial score (nSPS) is 20.9. The lowest BCUT2D eigenvalue weighted by molar-refractivity contribution is 0.388. The van der Waals surface area contributed by atoms with Gasteiger partial charge in [0.15, 0.2) is 0 Å². The van der Waals surface area contributed by atoms with Gasteiger partial charge in [-0.25, -0.2) is 17.2 Å². The number of nitrogens with zero attached hydrogens (tertiary/aromatic N) is 1. The van der Waals surface area contributed by atoms with Gasteiger partial charge >= 0.3 is 0 Å². The second-order valence-electron chi connectivity index (χ2n) is 5.96. The first-order valence-electron chi connectivity index (χ1n) is 7.29. The number of rotatable bonds is 5. The van der Waals surface area contributed by atoms with Crippen LogP contribution in [0.1, 0.15) is 30.8 Å². The van der Waals surface area contributed by atoms with E-state index in [1.165, 1.54) is 7.05 Å². The summed E-state index contributed by atoms with van der Waals surface area (Å²) in [5.41, 5.74) is 0. The number of hydrogen-bond donors (Lipinski definition) is 0. The molecule has 0 N–H and O–H groups in total. The number of sulfonamides is 1. The molecule has 1 heterocycles. The van der Waals surface area contributed by atoms with Crippen molar-refractivity contribution in [2.45, 2.75) is 30.7 Å². The Morgan fingerprint density at radius 3 is 2.61 bits per heavy atom. The monoisotopic (exact) mass is 341 g/mol. The molecule has 7 heteroatoms. The van der Waals surface area contributed by atoms with Crippen molar-refractivity contribution in [3.63, 3.8) is 0 Å². The fourth-order valence-electron chi connectivity index (χ4n) is 2.54. The van der Waals surface area contributed by atoms with E-state index in [1.54, 1.807) is 6.07 Å². The summed E-state index contributed by atoms with van der Waals surface area (Å²) in [7, 11) is -2.83. The van der Waals surface area contributed by atoms with Gasteiger partial charge in [0.25, 0.3) is 0 Å². The third-order valence-corrected chi connectivity index (χ3v) is 5.94. The Kier molecular flexibility index (Phi) is 4.01. The van der Waals surface area contributed by atoms with Gasteiger partial charge in [0.05, 0.1) is 6.54 Å². The van der Waals surface area contributed by atoms with Gasteiger partial charge in [-0.2, -0.15) is 4.31 Å². The summed E-state index contributed by atoms with van der Waals surface area (Å²) in [6.07, 6.45) is 1.07. The van der Waals surface area contributed by atoms with Gasteiger partial charge in [0.2, 0.25) is 10.0 Å². The Balaban J connectivity index is 1.80. The van der Waals surface area contributed by atoms with Gasteiger partial charge in [-0.1, -0.05) is 6.92 Å². The molecule has 1 aromatic heterocycles. The highest BCUT2D eigenvalue weighted by Crippen LogP contribution is 2.47. The quantitative estimate of drug-likeness (QED) is 0.836. The summed E-state index contributed by atoms with van der Waals surface area (Å²) in [5.74, 6) is 0.506. The molecule has 0 bridgehead atoms. The van der Waals surface area contributed by atoms with Crippen LogP contribution in [0.25, 0.3) is 0 Å². The number of furan rings is 1. The summed E-state index contributed by atoms with van der Waals surface area (Å²) in [4.78, 5) is -0.678. The van der Waals surface area contributed by atoms with E-state index in [4.69, 9.17) is 4.42 Å². The lowest BCUT2D eigenvalue weighted by atomic mass is 10.3. The average molecular weight is 341 g/mol. The molecule has 0 spiro atoms. The topological polar surface area (TPSA) is 50.5 Å². The molecule has 1 aromatic carbocycles. The van der Waals surface area contributed by atoms with Gasteiger partial charge in [0.1, 0.15) is 28.1 Å². The predicted octanol–water partition coefficient (Wildman–Crippen LogP) is 3.50. The van der Waals surface area contributed by atoms with Crippen molar-refractivity contribution < 1.29 is 21.6 Å². The molecule has 0 aliphatic heterocycles. The van der Waals surface area contributed by atoms with Crippen molar-refractivity contribution in [1.29, 1.82) is 0 Å². The van der Waals surface area contributed by atoms with Crippen LogP contribution in [0.2, 0.25) is 0 Å². The molecule has 23 heavy (non-hydrogen) atoms. The first kappa shape index (κ1) is 16.1. The molecule has 2 aromatic rings. The van der Waals surface area contributed by atoms with Crippen molar-refractivity contribution in [2.75, 3.05) is 7.05 Å². The summed E-state index contributed by atoms with van der Waals surface area (Å²) >= 11 is 0. The third kappa shape index (κ3) is 3.16. The van der Waals surface area contributed by atoms with Crippen molar-refractivity contribution in [1.82, 2.24) is 4.31 Å². The molecule has 4 nitrogen and oxygen atoms in total. The largest absolute Gasteiger partial charge is 0.464 e. The summed E-state index contributed by atoms with van der Waals surface area (Å²) in [5, 5.41) is 0. The zero-order valence-corrected chi connectivity index (χ0v) is 13.6. The highest BCUT2D eigenvalue weighted by Gasteiger charge is 2.36. The van der Waals surface area contributed by atoms with Crippen LogP contribution >= 0.6 is 0 Å². The molecular formula is C16H17F2NO3S. The van der Waals surface area contributed by atoms with Crippen molar-refractivity contribution >= 4 is 10.0 Å². The van der Waals surface area contributed by atoms with Crippen LogP contribution < -0.4 is 0 Å². The number of benzene rings is 1. The average Bonchev–Trinajstić information content (AvgIpc) is 3.04. The van der Waals surface area contributed by atoms with E-state index in [0.29, 0.717) is 23.7 Å². The smallest absolute Gasteiger partial charge is 0.246 e. The van der Waals surface area contributed by atoms with Crippen molar-refractivity contribution in [3.05, 3.63) is 53.5 Å². The van der Waals surface area contributed by atoms with E-state index < -0.39 is 26.6 Å². The Labute approximate surface area is 133 Å². The van der Waals surface area contributed by atoms with Gasteiger partial charge < -0.3 is 4.42 Å². The zero-order chi connectivity index (χ0) is 16.8. The number of hydrogen-bond acceptors (Lipinski definition) is 3. The molecule has 1 aliphatic carbocycles. The molecule has 1 saturated carbocycles. The molecule has 2 atom stereocenters. The molecule has 1 aliphatic rings. The Hall–Kier alpha value is -1.73. The van der Waals surface area contributed by atoms with E-state index in [1.807, 2.05) is 6.07 Å². The minimum absolute atomic E-state index is 0.0423. The maximum absolute atomic E-state index is 13.7. The van der Waals surface area contributed by atoms with E-state index in [9.17, 15) is 17.2 Å². The van der Waals surface area contributed by atoms with Gasteiger partial charge in [-0.05, 0) is 42.7 Å². The van der Waals surface area contributed by atoms with E-state index in [0.717, 1.165) is 28.6 Å². The summed E-state index contributed by atoms with van der Waals surface area (Å²) in [6, 6.07) is 5.92. The highest BCUT2D eigenvalue weighted by molar-refractivity contribution is 7.89. The number of halogens is 2. The van der Waals surface area contributed by atoms with Gasteiger partial charge in [-0.3, -0.25) is 0 Å². The van der Waals surface area contributed by atoms with Crippen LogP contribution in [0.5, 0.6) is 0 Å². The fraction of sp³-hybridized carbons (Fsp3) is 0.375. The second-order valence-corrected chi connectivity index (χ2v) is 7.97. The molecule has 0 radical (unpaired) electrons. The lowest BCUT2D eigenvalue weighted by Gasteiger charge is -2.16. The van der Waals surface area contributed by atoms with E-state index in [-0.39, 0.29) is 6.54 Å². The summed E-state index contributed by atoms with van der Waals surface area (Å²) < 4.78 is 58.4.